The van der Waals surface area contributed by atoms with E-state index in [4.69, 9.17) is 0 Å². The van der Waals surface area contributed by atoms with Gasteiger partial charge < -0.3 is 20.6 Å². The molecule has 8 nitrogen and oxygen atoms in total. The Hall–Kier alpha value is -3.98. The molecule has 2 aliphatic rings. The standard InChI is InChI=1S/C28H29FN6O2/c1-17-2-3-18(16-36)15-34(14-17)20-4-7-25(30-11-20)33-23-6-5-21(22-12-32-28(37)27(22)23)24-13-31-26-10-19(29)8-9-35(24)26/h4-11,13,17-18,36H,2-3,12,14-16H2,1H3,(H,30,33)(H,32,37). The Balaban J connectivity index is 1.28. The number of halogens is 1. The molecule has 2 aliphatic heterocycles. The maximum atomic E-state index is 13.6. The van der Waals surface area contributed by atoms with E-state index in [0.717, 1.165) is 48.4 Å². The minimum Gasteiger partial charge on any atom is -0.396 e. The van der Waals surface area contributed by atoms with Crippen molar-refractivity contribution < 1.29 is 14.3 Å². The fourth-order valence-electron chi connectivity index (χ4n) is 5.46. The first-order chi connectivity index (χ1) is 18.0. The van der Waals surface area contributed by atoms with Crippen molar-refractivity contribution in [1.29, 1.82) is 0 Å². The molecule has 2 unspecified atom stereocenters. The van der Waals surface area contributed by atoms with Gasteiger partial charge in [-0.15, -0.1) is 0 Å². The number of aromatic nitrogens is 3. The summed E-state index contributed by atoms with van der Waals surface area (Å²) in [4.78, 5) is 24.1. The van der Waals surface area contributed by atoms with E-state index < -0.39 is 0 Å². The normalized spacial score (nSPS) is 19.5. The zero-order valence-corrected chi connectivity index (χ0v) is 20.6. The highest BCUT2D eigenvalue weighted by Crippen LogP contribution is 2.35. The predicted molar refractivity (Wildman–Crippen MR) is 140 cm³/mol. The van der Waals surface area contributed by atoms with Crippen LogP contribution >= 0.6 is 0 Å². The number of rotatable bonds is 5. The number of nitrogens with one attached hydrogen (secondary N) is 2. The molecule has 0 bridgehead atoms. The zero-order valence-electron chi connectivity index (χ0n) is 20.6. The molecular weight excluding hydrogens is 471 g/mol. The highest BCUT2D eigenvalue weighted by atomic mass is 19.1. The molecule has 1 amide bonds. The van der Waals surface area contributed by atoms with E-state index in [1.165, 1.54) is 12.1 Å². The van der Waals surface area contributed by atoms with Crippen LogP contribution in [-0.4, -0.2) is 45.1 Å². The molecule has 0 saturated carbocycles. The lowest BCUT2D eigenvalue weighted by Crippen LogP contribution is -2.31. The van der Waals surface area contributed by atoms with Gasteiger partial charge in [0.15, 0.2) is 0 Å². The summed E-state index contributed by atoms with van der Waals surface area (Å²) < 4.78 is 15.5. The van der Waals surface area contributed by atoms with Crippen molar-refractivity contribution in [3.8, 4) is 11.3 Å². The van der Waals surface area contributed by atoms with Gasteiger partial charge in [-0.1, -0.05) is 13.0 Å². The van der Waals surface area contributed by atoms with Crippen molar-refractivity contribution in [2.24, 2.45) is 11.8 Å². The second-order valence-corrected chi connectivity index (χ2v) is 10.1. The number of hydrogen-bond donors (Lipinski definition) is 3. The number of aliphatic hydroxyl groups excluding tert-OH is 1. The number of imidazole rings is 1. The van der Waals surface area contributed by atoms with Crippen molar-refractivity contribution in [2.45, 2.75) is 26.3 Å². The van der Waals surface area contributed by atoms with E-state index in [9.17, 15) is 14.3 Å². The second-order valence-electron chi connectivity index (χ2n) is 10.1. The summed E-state index contributed by atoms with van der Waals surface area (Å²) in [5.74, 6) is 0.980. The molecule has 5 heterocycles. The van der Waals surface area contributed by atoms with Crippen LogP contribution in [-0.2, 0) is 6.54 Å². The van der Waals surface area contributed by atoms with Crippen LogP contribution in [0.4, 0.5) is 21.6 Å². The summed E-state index contributed by atoms with van der Waals surface area (Å²) in [5.41, 5.74) is 5.33. The van der Waals surface area contributed by atoms with Crippen LogP contribution in [0.2, 0.25) is 0 Å². The van der Waals surface area contributed by atoms with Crippen molar-refractivity contribution in [2.75, 3.05) is 29.9 Å². The van der Waals surface area contributed by atoms with Crippen LogP contribution in [0.15, 0.2) is 55.0 Å². The average molecular weight is 501 g/mol. The Labute approximate surface area is 214 Å². The van der Waals surface area contributed by atoms with Crippen molar-refractivity contribution in [3.05, 3.63) is 71.9 Å². The van der Waals surface area contributed by atoms with Gasteiger partial charge in [0.2, 0.25) is 0 Å². The number of amides is 1. The molecule has 0 radical (unpaired) electrons. The van der Waals surface area contributed by atoms with E-state index in [0.29, 0.717) is 35.2 Å². The van der Waals surface area contributed by atoms with Crippen LogP contribution < -0.4 is 15.5 Å². The Morgan fingerprint density at radius 1 is 1.14 bits per heavy atom. The van der Waals surface area contributed by atoms with Gasteiger partial charge >= 0.3 is 0 Å². The maximum Gasteiger partial charge on any atom is 0.254 e. The molecule has 3 N–H and O–H groups in total. The minimum atomic E-state index is -0.344. The Morgan fingerprint density at radius 2 is 2.03 bits per heavy atom. The number of anilines is 3. The summed E-state index contributed by atoms with van der Waals surface area (Å²) in [6.07, 6.45) is 7.35. The largest absolute Gasteiger partial charge is 0.396 e. The average Bonchev–Trinajstić information content (AvgIpc) is 3.44. The van der Waals surface area contributed by atoms with Gasteiger partial charge in [0, 0.05) is 44.1 Å². The number of aliphatic hydroxyl groups is 1. The molecule has 2 atom stereocenters. The molecule has 9 heteroatoms. The van der Waals surface area contributed by atoms with Crippen LogP contribution in [0, 0.1) is 17.7 Å². The fraction of sp³-hybridized carbons (Fsp3) is 0.321. The molecule has 1 fully saturated rings. The van der Waals surface area contributed by atoms with Gasteiger partial charge in [0.25, 0.3) is 5.91 Å². The molecule has 6 rings (SSSR count). The Kier molecular flexibility index (Phi) is 6.00. The first kappa shape index (κ1) is 23.4. The summed E-state index contributed by atoms with van der Waals surface area (Å²) in [7, 11) is 0. The zero-order chi connectivity index (χ0) is 25.5. The third-order valence-electron chi connectivity index (χ3n) is 7.43. The number of nitrogens with zero attached hydrogens (tertiary/aromatic N) is 4. The number of pyridine rings is 2. The first-order valence-corrected chi connectivity index (χ1v) is 12.7. The van der Waals surface area contributed by atoms with E-state index in [2.05, 4.69) is 32.4 Å². The van der Waals surface area contributed by atoms with Gasteiger partial charge in [-0.3, -0.25) is 9.20 Å². The summed E-state index contributed by atoms with van der Waals surface area (Å²) in [5, 5.41) is 16.0. The molecular formula is C28H29FN6O2. The Morgan fingerprint density at radius 3 is 2.84 bits per heavy atom. The molecule has 1 saturated heterocycles. The first-order valence-electron chi connectivity index (χ1n) is 12.7. The lowest BCUT2D eigenvalue weighted by molar-refractivity contribution is 0.0966. The van der Waals surface area contributed by atoms with Crippen molar-refractivity contribution in [1.82, 2.24) is 19.7 Å². The summed E-state index contributed by atoms with van der Waals surface area (Å²) >= 11 is 0. The highest BCUT2D eigenvalue weighted by molar-refractivity contribution is 6.06. The Bertz CT molecular complexity index is 1470. The lowest BCUT2D eigenvalue weighted by Gasteiger charge is -2.27. The maximum absolute atomic E-state index is 13.6. The third-order valence-corrected chi connectivity index (χ3v) is 7.43. The van der Waals surface area contributed by atoms with E-state index >= 15 is 0 Å². The van der Waals surface area contributed by atoms with Crippen molar-refractivity contribution in [3.63, 3.8) is 0 Å². The molecule has 190 valence electrons. The number of hydrogen-bond acceptors (Lipinski definition) is 6. The van der Waals surface area contributed by atoms with Crippen LogP contribution in [0.25, 0.3) is 16.9 Å². The number of fused-ring (bicyclic) bond motifs is 2. The number of benzene rings is 1. The highest BCUT2D eigenvalue weighted by Gasteiger charge is 2.27. The van der Waals surface area contributed by atoms with E-state index in [1.807, 2.05) is 34.9 Å². The summed E-state index contributed by atoms with van der Waals surface area (Å²) in [6.45, 7) is 4.61. The molecule has 0 aliphatic carbocycles. The van der Waals surface area contributed by atoms with Crippen molar-refractivity contribution >= 4 is 28.7 Å². The molecule has 4 aromatic rings. The van der Waals surface area contributed by atoms with Crippen LogP contribution in [0.3, 0.4) is 0 Å². The van der Waals surface area contributed by atoms with Gasteiger partial charge in [0.1, 0.15) is 17.3 Å². The molecule has 1 aromatic carbocycles. The number of carbonyl (C=O) groups excluding carboxylic acids is 1. The topological polar surface area (TPSA) is 94.8 Å². The van der Waals surface area contributed by atoms with Gasteiger partial charge in [-0.2, -0.15) is 0 Å². The molecule has 37 heavy (non-hydrogen) atoms. The third kappa shape index (κ3) is 4.40. The van der Waals surface area contributed by atoms with Gasteiger partial charge in [-0.25, -0.2) is 14.4 Å². The van der Waals surface area contributed by atoms with Gasteiger partial charge in [-0.05, 0) is 54.5 Å². The van der Waals surface area contributed by atoms with E-state index in [-0.39, 0.29) is 24.2 Å². The molecule has 3 aromatic heterocycles. The van der Waals surface area contributed by atoms with Crippen LogP contribution in [0.1, 0.15) is 35.7 Å². The van der Waals surface area contributed by atoms with Crippen LogP contribution in [0.5, 0.6) is 0 Å². The second kappa shape index (κ2) is 9.48. The molecule has 0 spiro atoms. The smallest absolute Gasteiger partial charge is 0.254 e. The minimum absolute atomic E-state index is 0.149. The lowest BCUT2D eigenvalue weighted by atomic mass is 9.99. The summed E-state index contributed by atoms with van der Waals surface area (Å²) in [6, 6.07) is 10.6. The van der Waals surface area contributed by atoms with Gasteiger partial charge in [0.05, 0.1) is 35.0 Å². The predicted octanol–water partition coefficient (Wildman–Crippen LogP) is 4.37. The fourth-order valence-corrected chi connectivity index (χ4v) is 5.46. The SMILES string of the molecule is CC1CCC(CO)CN(c2ccc(Nc3ccc(-c4cnc5cc(F)ccn45)c4c3C(=O)NC4)nc2)C1. The number of carbonyl (C=O) groups is 1. The van der Waals surface area contributed by atoms with E-state index in [1.54, 1.807) is 12.4 Å². The monoisotopic (exact) mass is 500 g/mol. The quantitative estimate of drug-likeness (QED) is 0.377.